The molecule has 0 radical (unpaired) electrons. The Morgan fingerprint density at radius 1 is 1.25 bits per heavy atom. The zero-order valence-electron chi connectivity index (χ0n) is 11.2. The zero-order valence-corrected chi connectivity index (χ0v) is 12.0. The number of hydrogen-bond donors (Lipinski definition) is 0. The molecule has 1 aromatic heterocycles. The van der Waals surface area contributed by atoms with Gasteiger partial charge in [0.15, 0.2) is 5.78 Å². The van der Waals surface area contributed by atoms with Crippen molar-refractivity contribution in [1.29, 1.82) is 0 Å². The summed E-state index contributed by atoms with van der Waals surface area (Å²) in [7, 11) is 0. The van der Waals surface area contributed by atoms with Crippen LogP contribution in [0.2, 0.25) is 0 Å². The molecule has 0 N–H and O–H groups in total. The lowest BCUT2D eigenvalue weighted by atomic mass is 9.94. The molecule has 0 bridgehead atoms. The number of rotatable bonds is 4. The summed E-state index contributed by atoms with van der Waals surface area (Å²) in [4.78, 5) is 15.9. The van der Waals surface area contributed by atoms with Gasteiger partial charge in [0.25, 0.3) is 0 Å². The quantitative estimate of drug-likeness (QED) is 0.865. The monoisotopic (exact) mass is 285 g/mol. The van der Waals surface area contributed by atoms with Crippen LogP contribution in [-0.2, 0) is 16.0 Å². The molecule has 0 atom stereocenters. The lowest BCUT2D eigenvalue weighted by molar-refractivity contribution is -0.110. The Balaban J connectivity index is 1.92. The standard InChI is InChI=1S/C16H15NO2S/c1-2-19-16(9-7-12(18)8-10-16)11-15-17-13-5-3-4-6-14(13)20-15/h3-10H,2,11H2,1H3. The number of para-hydroxylation sites is 1. The van der Waals surface area contributed by atoms with Crippen molar-refractivity contribution in [2.24, 2.45) is 0 Å². The van der Waals surface area contributed by atoms with E-state index in [1.807, 2.05) is 37.3 Å². The fraction of sp³-hybridized carbons (Fsp3) is 0.250. The molecule has 102 valence electrons. The zero-order chi connectivity index (χ0) is 14.0. The Kier molecular flexibility index (Phi) is 3.51. The molecule has 1 aliphatic rings. The highest BCUT2D eigenvalue weighted by molar-refractivity contribution is 7.18. The Morgan fingerprint density at radius 3 is 2.70 bits per heavy atom. The fourth-order valence-corrected chi connectivity index (χ4v) is 3.38. The van der Waals surface area contributed by atoms with Crippen molar-refractivity contribution in [2.75, 3.05) is 6.61 Å². The van der Waals surface area contributed by atoms with Crippen molar-refractivity contribution < 1.29 is 9.53 Å². The summed E-state index contributed by atoms with van der Waals surface area (Å²) < 4.78 is 7.03. The Hall–Kier alpha value is -1.78. The van der Waals surface area contributed by atoms with E-state index < -0.39 is 5.60 Å². The molecule has 0 spiro atoms. The maximum atomic E-state index is 11.3. The van der Waals surface area contributed by atoms with Crippen molar-refractivity contribution in [1.82, 2.24) is 4.98 Å². The topological polar surface area (TPSA) is 39.2 Å². The molecule has 1 heterocycles. The van der Waals surface area contributed by atoms with Crippen LogP contribution >= 0.6 is 11.3 Å². The molecule has 0 fully saturated rings. The van der Waals surface area contributed by atoms with Gasteiger partial charge >= 0.3 is 0 Å². The summed E-state index contributed by atoms with van der Waals surface area (Å²) in [6.45, 7) is 2.55. The van der Waals surface area contributed by atoms with Gasteiger partial charge in [-0.3, -0.25) is 4.79 Å². The minimum absolute atomic E-state index is 0.00429. The minimum Gasteiger partial charge on any atom is -0.367 e. The van der Waals surface area contributed by atoms with Gasteiger partial charge in [-0.15, -0.1) is 11.3 Å². The Bertz CT molecular complexity index is 650. The van der Waals surface area contributed by atoms with Crippen LogP contribution in [0.5, 0.6) is 0 Å². The molecule has 3 rings (SSSR count). The first-order chi connectivity index (χ1) is 9.71. The summed E-state index contributed by atoms with van der Waals surface area (Å²) >= 11 is 1.67. The third-order valence-electron chi connectivity index (χ3n) is 3.24. The predicted molar refractivity (Wildman–Crippen MR) is 81.0 cm³/mol. The number of allylic oxidation sites excluding steroid dienone is 2. The minimum atomic E-state index is -0.545. The van der Waals surface area contributed by atoms with Crippen LogP contribution < -0.4 is 0 Å². The van der Waals surface area contributed by atoms with Gasteiger partial charge in [-0.25, -0.2) is 4.98 Å². The molecule has 2 aromatic rings. The van der Waals surface area contributed by atoms with Crippen LogP contribution in [0.15, 0.2) is 48.6 Å². The number of aromatic nitrogens is 1. The third-order valence-corrected chi connectivity index (χ3v) is 4.27. The summed E-state index contributed by atoms with van der Waals surface area (Å²) in [6.07, 6.45) is 7.47. The average molecular weight is 285 g/mol. The molecule has 1 aromatic carbocycles. The smallest absolute Gasteiger partial charge is 0.178 e. The highest BCUT2D eigenvalue weighted by atomic mass is 32.1. The molecular weight excluding hydrogens is 270 g/mol. The van der Waals surface area contributed by atoms with E-state index in [2.05, 4.69) is 11.1 Å². The second-order valence-electron chi connectivity index (χ2n) is 4.71. The maximum absolute atomic E-state index is 11.3. The molecule has 4 heteroatoms. The number of carbonyl (C=O) groups excluding carboxylic acids is 1. The van der Waals surface area contributed by atoms with Gasteiger partial charge in [0, 0.05) is 13.0 Å². The molecule has 3 nitrogen and oxygen atoms in total. The molecular formula is C16H15NO2S. The van der Waals surface area contributed by atoms with E-state index in [9.17, 15) is 4.79 Å². The van der Waals surface area contributed by atoms with Crippen molar-refractivity contribution >= 4 is 27.3 Å². The molecule has 0 saturated carbocycles. The average Bonchev–Trinajstić information content (AvgIpc) is 2.84. The van der Waals surface area contributed by atoms with E-state index in [1.165, 1.54) is 4.70 Å². The van der Waals surface area contributed by atoms with Gasteiger partial charge in [-0.05, 0) is 43.4 Å². The van der Waals surface area contributed by atoms with Crippen LogP contribution in [0, 0.1) is 0 Å². The molecule has 0 saturated heterocycles. The van der Waals surface area contributed by atoms with Crippen LogP contribution in [-0.4, -0.2) is 23.0 Å². The summed E-state index contributed by atoms with van der Waals surface area (Å²) in [6, 6.07) is 8.09. The second kappa shape index (κ2) is 5.31. The SMILES string of the molecule is CCOC1(Cc2nc3ccccc3s2)C=CC(=O)C=C1. The Labute approximate surface area is 121 Å². The van der Waals surface area contributed by atoms with Gasteiger partial charge < -0.3 is 4.74 Å². The maximum Gasteiger partial charge on any atom is 0.178 e. The van der Waals surface area contributed by atoms with Crippen molar-refractivity contribution in [3.8, 4) is 0 Å². The van der Waals surface area contributed by atoms with Gasteiger partial charge in [-0.2, -0.15) is 0 Å². The van der Waals surface area contributed by atoms with E-state index in [0.717, 1.165) is 10.5 Å². The lowest BCUT2D eigenvalue weighted by Crippen LogP contribution is -2.32. The number of carbonyl (C=O) groups is 1. The van der Waals surface area contributed by atoms with Crippen molar-refractivity contribution in [3.05, 3.63) is 53.6 Å². The van der Waals surface area contributed by atoms with Crippen molar-refractivity contribution in [2.45, 2.75) is 18.9 Å². The molecule has 0 unspecified atom stereocenters. The first-order valence-corrected chi connectivity index (χ1v) is 7.43. The highest BCUT2D eigenvalue weighted by Crippen LogP contribution is 2.29. The number of benzene rings is 1. The number of fused-ring (bicyclic) bond motifs is 1. The van der Waals surface area contributed by atoms with E-state index >= 15 is 0 Å². The van der Waals surface area contributed by atoms with Crippen molar-refractivity contribution in [3.63, 3.8) is 0 Å². The summed E-state index contributed by atoms with van der Waals surface area (Å²) in [5.74, 6) is 0.00429. The first-order valence-electron chi connectivity index (χ1n) is 6.62. The number of hydrogen-bond acceptors (Lipinski definition) is 4. The second-order valence-corrected chi connectivity index (χ2v) is 5.82. The van der Waals surface area contributed by atoms with E-state index in [0.29, 0.717) is 13.0 Å². The number of ether oxygens (including phenoxy) is 1. The normalized spacial score (nSPS) is 16.9. The van der Waals surface area contributed by atoms with Gasteiger partial charge in [0.2, 0.25) is 0 Å². The van der Waals surface area contributed by atoms with E-state index in [1.54, 1.807) is 23.5 Å². The van der Waals surface area contributed by atoms with Crippen LogP contribution in [0.25, 0.3) is 10.2 Å². The van der Waals surface area contributed by atoms with E-state index in [-0.39, 0.29) is 5.78 Å². The first kappa shape index (κ1) is 13.2. The molecule has 0 amide bonds. The van der Waals surface area contributed by atoms with Crippen LogP contribution in [0.4, 0.5) is 0 Å². The number of thiazole rings is 1. The van der Waals surface area contributed by atoms with Gasteiger partial charge in [0.1, 0.15) is 5.60 Å². The molecule has 1 aliphatic carbocycles. The highest BCUT2D eigenvalue weighted by Gasteiger charge is 2.29. The van der Waals surface area contributed by atoms with Gasteiger partial charge in [-0.1, -0.05) is 12.1 Å². The molecule has 0 aliphatic heterocycles. The number of nitrogens with zero attached hydrogens (tertiary/aromatic N) is 1. The Morgan fingerprint density at radius 2 is 2.00 bits per heavy atom. The predicted octanol–water partition coefficient (Wildman–Crippen LogP) is 3.31. The lowest BCUT2D eigenvalue weighted by Gasteiger charge is -2.27. The van der Waals surface area contributed by atoms with Gasteiger partial charge in [0.05, 0.1) is 15.2 Å². The summed E-state index contributed by atoms with van der Waals surface area (Å²) in [5.41, 5.74) is 0.468. The molecule has 20 heavy (non-hydrogen) atoms. The largest absolute Gasteiger partial charge is 0.367 e. The third kappa shape index (κ3) is 2.57. The fourth-order valence-electron chi connectivity index (χ4n) is 2.32. The number of ketones is 1. The summed E-state index contributed by atoms with van der Waals surface area (Å²) in [5, 5.41) is 1.02. The van der Waals surface area contributed by atoms with Crippen LogP contribution in [0.3, 0.4) is 0 Å². The van der Waals surface area contributed by atoms with E-state index in [4.69, 9.17) is 4.74 Å². The van der Waals surface area contributed by atoms with Crippen LogP contribution in [0.1, 0.15) is 11.9 Å².